The third-order valence-electron chi connectivity index (χ3n) is 3.12. The molecule has 18 heavy (non-hydrogen) atoms. The topological polar surface area (TPSA) is 81.1 Å². The molecule has 1 aliphatic carbocycles. The number of amides is 1. The average Bonchev–Trinajstić information content (AvgIpc) is 3.05. The van der Waals surface area contributed by atoms with E-state index in [2.05, 4.69) is 24.3 Å². The highest BCUT2D eigenvalue weighted by molar-refractivity contribution is 5.92. The van der Waals surface area contributed by atoms with E-state index in [4.69, 9.17) is 10.3 Å². The Kier molecular flexibility index (Phi) is 4.01. The number of nitrogens with zero attached hydrogens (tertiary/aromatic N) is 1. The molecule has 1 aromatic heterocycles. The second-order valence-corrected chi connectivity index (χ2v) is 5.42. The van der Waals surface area contributed by atoms with Gasteiger partial charge in [0.1, 0.15) is 5.76 Å². The van der Waals surface area contributed by atoms with Crippen molar-refractivity contribution in [3.63, 3.8) is 0 Å². The first-order valence-electron chi connectivity index (χ1n) is 6.57. The molecule has 0 radical (unpaired) electrons. The molecule has 0 spiro atoms. The Balaban J connectivity index is 1.92. The van der Waals surface area contributed by atoms with Crippen molar-refractivity contribution in [2.45, 2.75) is 45.1 Å². The van der Waals surface area contributed by atoms with Crippen molar-refractivity contribution in [3.8, 4) is 0 Å². The Morgan fingerprint density at radius 1 is 1.61 bits per heavy atom. The lowest BCUT2D eigenvalue weighted by atomic mass is 10.0. The average molecular weight is 251 g/mol. The maximum absolute atomic E-state index is 12.0. The fourth-order valence-electron chi connectivity index (χ4n) is 2.00. The van der Waals surface area contributed by atoms with Crippen LogP contribution in [0.25, 0.3) is 0 Å². The predicted molar refractivity (Wildman–Crippen MR) is 68.2 cm³/mol. The summed E-state index contributed by atoms with van der Waals surface area (Å²) >= 11 is 0. The highest BCUT2D eigenvalue weighted by Crippen LogP contribution is 2.40. The van der Waals surface area contributed by atoms with E-state index in [1.807, 2.05) is 0 Å². The third-order valence-corrected chi connectivity index (χ3v) is 3.12. The van der Waals surface area contributed by atoms with Crippen molar-refractivity contribution in [1.29, 1.82) is 0 Å². The van der Waals surface area contributed by atoms with E-state index in [9.17, 15) is 4.79 Å². The Labute approximate surface area is 107 Å². The standard InChI is InChI=1S/C13H21N3O2/c1-8(2)5-10(7-14)15-13(17)11-6-12(18-16-11)9-3-4-9/h6,8-10H,3-5,7,14H2,1-2H3,(H,15,17). The van der Waals surface area contributed by atoms with Crippen LogP contribution in [-0.2, 0) is 0 Å². The van der Waals surface area contributed by atoms with E-state index < -0.39 is 0 Å². The maximum atomic E-state index is 12.0. The van der Waals surface area contributed by atoms with Crippen LogP contribution in [0.15, 0.2) is 10.6 Å². The number of carbonyl (C=O) groups excluding carboxylic acids is 1. The van der Waals surface area contributed by atoms with Crippen LogP contribution in [0.5, 0.6) is 0 Å². The molecule has 0 aliphatic heterocycles. The van der Waals surface area contributed by atoms with Gasteiger partial charge in [0, 0.05) is 24.6 Å². The van der Waals surface area contributed by atoms with Gasteiger partial charge in [0.15, 0.2) is 5.69 Å². The summed E-state index contributed by atoms with van der Waals surface area (Å²) < 4.78 is 5.16. The van der Waals surface area contributed by atoms with E-state index in [0.29, 0.717) is 24.1 Å². The molecule has 5 heteroatoms. The minimum Gasteiger partial charge on any atom is -0.360 e. The van der Waals surface area contributed by atoms with Crippen molar-refractivity contribution in [3.05, 3.63) is 17.5 Å². The molecule has 0 saturated heterocycles. The molecule has 1 fully saturated rings. The van der Waals surface area contributed by atoms with Crippen molar-refractivity contribution < 1.29 is 9.32 Å². The number of nitrogens with two attached hydrogens (primary N) is 1. The normalized spacial score (nSPS) is 16.9. The molecule has 1 heterocycles. The number of hydrogen-bond acceptors (Lipinski definition) is 4. The van der Waals surface area contributed by atoms with Crippen molar-refractivity contribution in [2.24, 2.45) is 11.7 Å². The quantitative estimate of drug-likeness (QED) is 0.805. The van der Waals surface area contributed by atoms with E-state index in [1.54, 1.807) is 6.07 Å². The van der Waals surface area contributed by atoms with Crippen LogP contribution < -0.4 is 11.1 Å². The summed E-state index contributed by atoms with van der Waals surface area (Å²) in [6, 6.07) is 1.74. The van der Waals surface area contributed by atoms with Gasteiger partial charge >= 0.3 is 0 Å². The Morgan fingerprint density at radius 3 is 2.89 bits per heavy atom. The summed E-state index contributed by atoms with van der Waals surface area (Å²) in [4.78, 5) is 12.0. The highest BCUT2D eigenvalue weighted by atomic mass is 16.5. The molecule has 1 aromatic rings. The summed E-state index contributed by atoms with van der Waals surface area (Å²) in [5, 5.41) is 6.72. The molecule has 2 rings (SSSR count). The van der Waals surface area contributed by atoms with Gasteiger partial charge in [0.05, 0.1) is 0 Å². The molecule has 1 saturated carbocycles. The van der Waals surface area contributed by atoms with Gasteiger partial charge in [-0.25, -0.2) is 0 Å². The van der Waals surface area contributed by atoms with Crippen LogP contribution in [0, 0.1) is 5.92 Å². The SMILES string of the molecule is CC(C)CC(CN)NC(=O)c1cc(C2CC2)on1. The van der Waals surface area contributed by atoms with Gasteiger partial charge in [-0.2, -0.15) is 0 Å². The number of aromatic nitrogens is 1. The summed E-state index contributed by atoms with van der Waals surface area (Å²) in [7, 11) is 0. The van der Waals surface area contributed by atoms with Gasteiger partial charge in [0.25, 0.3) is 5.91 Å². The lowest BCUT2D eigenvalue weighted by Crippen LogP contribution is -2.41. The molecule has 1 atom stereocenters. The molecule has 1 amide bonds. The fourth-order valence-corrected chi connectivity index (χ4v) is 2.00. The molecule has 0 bridgehead atoms. The molecule has 1 unspecified atom stereocenters. The lowest BCUT2D eigenvalue weighted by molar-refractivity contribution is 0.0924. The zero-order chi connectivity index (χ0) is 13.1. The monoisotopic (exact) mass is 251 g/mol. The van der Waals surface area contributed by atoms with Crippen molar-refractivity contribution in [2.75, 3.05) is 6.54 Å². The highest BCUT2D eigenvalue weighted by Gasteiger charge is 2.29. The van der Waals surface area contributed by atoms with Gasteiger partial charge in [0.2, 0.25) is 0 Å². The van der Waals surface area contributed by atoms with Gasteiger partial charge in [-0.15, -0.1) is 0 Å². The lowest BCUT2D eigenvalue weighted by Gasteiger charge is -2.17. The van der Waals surface area contributed by atoms with Crippen LogP contribution >= 0.6 is 0 Å². The van der Waals surface area contributed by atoms with Crippen LogP contribution in [0.1, 0.15) is 55.3 Å². The zero-order valence-corrected chi connectivity index (χ0v) is 11.0. The third kappa shape index (κ3) is 3.32. The van der Waals surface area contributed by atoms with Crippen LogP contribution in [0.3, 0.4) is 0 Å². The van der Waals surface area contributed by atoms with Crippen LogP contribution in [-0.4, -0.2) is 23.7 Å². The minimum atomic E-state index is -0.193. The first-order chi connectivity index (χ1) is 8.60. The van der Waals surface area contributed by atoms with Gasteiger partial charge < -0.3 is 15.6 Å². The summed E-state index contributed by atoms with van der Waals surface area (Å²) in [6.45, 7) is 4.66. The summed E-state index contributed by atoms with van der Waals surface area (Å²) in [5.74, 6) is 1.60. The summed E-state index contributed by atoms with van der Waals surface area (Å²) in [5.41, 5.74) is 6.01. The van der Waals surface area contributed by atoms with E-state index in [0.717, 1.165) is 25.0 Å². The van der Waals surface area contributed by atoms with Crippen molar-refractivity contribution in [1.82, 2.24) is 10.5 Å². The summed E-state index contributed by atoms with van der Waals surface area (Å²) in [6.07, 6.45) is 3.14. The molecule has 100 valence electrons. The van der Waals surface area contributed by atoms with Crippen molar-refractivity contribution >= 4 is 5.91 Å². The first-order valence-corrected chi connectivity index (χ1v) is 6.57. The predicted octanol–water partition coefficient (Wildman–Crippen LogP) is 1.66. The number of nitrogens with one attached hydrogen (secondary N) is 1. The minimum absolute atomic E-state index is 0.00132. The second-order valence-electron chi connectivity index (χ2n) is 5.42. The molecular formula is C13H21N3O2. The van der Waals surface area contributed by atoms with E-state index >= 15 is 0 Å². The Morgan fingerprint density at radius 2 is 2.33 bits per heavy atom. The van der Waals surface area contributed by atoms with Crippen LogP contribution in [0.2, 0.25) is 0 Å². The molecule has 5 nitrogen and oxygen atoms in total. The molecule has 0 aromatic carbocycles. The zero-order valence-electron chi connectivity index (χ0n) is 11.0. The fraction of sp³-hybridized carbons (Fsp3) is 0.692. The Hall–Kier alpha value is -1.36. The smallest absolute Gasteiger partial charge is 0.273 e. The van der Waals surface area contributed by atoms with E-state index in [1.165, 1.54) is 0 Å². The van der Waals surface area contributed by atoms with E-state index in [-0.39, 0.29) is 11.9 Å². The Bertz CT molecular complexity index is 410. The maximum Gasteiger partial charge on any atom is 0.273 e. The number of rotatable bonds is 6. The second kappa shape index (κ2) is 5.52. The molecular weight excluding hydrogens is 230 g/mol. The molecule has 3 N–H and O–H groups in total. The van der Waals surface area contributed by atoms with Gasteiger partial charge in [-0.3, -0.25) is 4.79 Å². The first kappa shape index (κ1) is 13.1. The van der Waals surface area contributed by atoms with Gasteiger partial charge in [-0.05, 0) is 25.2 Å². The van der Waals surface area contributed by atoms with Crippen LogP contribution in [0.4, 0.5) is 0 Å². The number of carbonyl (C=O) groups is 1. The number of hydrogen-bond donors (Lipinski definition) is 2. The van der Waals surface area contributed by atoms with Gasteiger partial charge in [-0.1, -0.05) is 19.0 Å². The largest absolute Gasteiger partial charge is 0.360 e. The molecule has 1 aliphatic rings.